The van der Waals surface area contributed by atoms with E-state index in [1.165, 1.54) is 35.1 Å². The van der Waals surface area contributed by atoms with Crippen molar-refractivity contribution in [1.82, 2.24) is 9.78 Å². The highest BCUT2D eigenvalue weighted by molar-refractivity contribution is 6.06. The van der Waals surface area contributed by atoms with Crippen LogP contribution >= 0.6 is 0 Å². The zero-order valence-electron chi connectivity index (χ0n) is 11.5. The van der Waals surface area contributed by atoms with E-state index in [4.69, 9.17) is 5.11 Å². The fourth-order valence-corrected chi connectivity index (χ4v) is 1.79. The molecule has 22 heavy (non-hydrogen) atoms. The van der Waals surface area contributed by atoms with E-state index in [0.29, 0.717) is 6.54 Å². The van der Waals surface area contributed by atoms with Crippen molar-refractivity contribution in [2.75, 3.05) is 5.32 Å². The van der Waals surface area contributed by atoms with Gasteiger partial charge in [-0.2, -0.15) is 5.10 Å². The summed E-state index contributed by atoms with van der Waals surface area (Å²) in [4.78, 5) is 33.2. The summed E-state index contributed by atoms with van der Waals surface area (Å²) in [6.07, 6.45) is 1.17. The number of anilines is 1. The van der Waals surface area contributed by atoms with Gasteiger partial charge in [-0.3, -0.25) is 19.6 Å². The molecule has 0 radical (unpaired) electrons. The quantitative estimate of drug-likeness (QED) is 0.640. The Balaban J connectivity index is 2.29. The Hall–Kier alpha value is -3.23. The standard InChI is InChI=1S/C13H12N4O5/c1-2-16-7-10(17(21)22)11(15-16)12(18)14-9-5-3-4-8(6-9)13(19)20/h3-7H,2H2,1H3,(H,14,18)(H,19,20). The van der Waals surface area contributed by atoms with Crippen molar-refractivity contribution in [3.05, 3.63) is 51.8 Å². The highest BCUT2D eigenvalue weighted by Crippen LogP contribution is 2.19. The molecule has 0 atom stereocenters. The highest BCUT2D eigenvalue weighted by Gasteiger charge is 2.25. The van der Waals surface area contributed by atoms with Crippen molar-refractivity contribution >= 4 is 23.3 Å². The number of aryl methyl sites for hydroxylation is 1. The van der Waals surface area contributed by atoms with Gasteiger partial charge in [-0.05, 0) is 25.1 Å². The van der Waals surface area contributed by atoms with Crippen LogP contribution in [0, 0.1) is 10.1 Å². The number of carbonyl (C=O) groups is 2. The van der Waals surface area contributed by atoms with E-state index in [-0.39, 0.29) is 16.9 Å². The van der Waals surface area contributed by atoms with Gasteiger partial charge >= 0.3 is 11.7 Å². The summed E-state index contributed by atoms with van der Waals surface area (Å²) in [7, 11) is 0. The van der Waals surface area contributed by atoms with Crippen LogP contribution < -0.4 is 5.32 Å². The van der Waals surface area contributed by atoms with Gasteiger partial charge in [-0.25, -0.2) is 4.79 Å². The van der Waals surface area contributed by atoms with Crippen molar-refractivity contribution in [3.63, 3.8) is 0 Å². The van der Waals surface area contributed by atoms with Crippen molar-refractivity contribution in [1.29, 1.82) is 0 Å². The lowest BCUT2D eigenvalue weighted by Gasteiger charge is -2.04. The molecular weight excluding hydrogens is 292 g/mol. The molecule has 1 aromatic heterocycles. The van der Waals surface area contributed by atoms with Crippen LogP contribution in [0.1, 0.15) is 27.8 Å². The van der Waals surface area contributed by atoms with E-state index in [1.807, 2.05) is 0 Å². The molecule has 1 amide bonds. The molecule has 2 rings (SSSR count). The van der Waals surface area contributed by atoms with Crippen molar-refractivity contribution in [3.8, 4) is 0 Å². The first-order chi connectivity index (χ1) is 10.4. The largest absolute Gasteiger partial charge is 0.478 e. The molecule has 2 N–H and O–H groups in total. The smallest absolute Gasteiger partial charge is 0.335 e. The van der Waals surface area contributed by atoms with Gasteiger partial charge in [-0.15, -0.1) is 0 Å². The zero-order chi connectivity index (χ0) is 16.3. The third kappa shape index (κ3) is 3.08. The first-order valence-electron chi connectivity index (χ1n) is 6.29. The van der Waals surface area contributed by atoms with Crippen molar-refractivity contribution < 1.29 is 19.6 Å². The van der Waals surface area contributed by atoms with Crippen LogP contribution in [0.3, 0.4) is 0 Å². The molecule has 0 aliphatic heterocycles. The number of amides is 1. The van der Waals surface area contributed by atoms with E-state index in [0.717, 1.165) is 0 Å². The van der Waals surface area contributed by atoms with E-state index in [9.17, 15) is 19.7 Å². The number of hydrogen-bond acceptors (Lipinski definition) is 5. The normalized spacial score (nSPS) is 10.2. The predicted molar refractivity (Wildman–Crippen MR) is 75.9 cm³/mol. The lowest BCUT2D eigenvalue weighted by molar-refractivity contribution is -0.385. The van der Waals surface area contributed by atoms with Crippen LogP contribution in [0.25, 0.3) is 0 Å². The molecule has 2 aromatic rings. The second-order valence-corrected chi connectivity index (χ2v) is 4.32. The van der Waals surface area contributed by atoms with Crippen LogP contribution in [0.15, 0.2) is 30.5 Å². The summed E-state index contributed by atoms with van der Waals surface area (Å²) >= 11 is 0. The number of nitro groups is 1. The second kappa shape index (κ2) is 6.04. The van der Waals surface area contributed by atoms with Crippen LogP contribution in [0.2, 0.25) is 0 Å². The maximum Gasteiger partial charge on any atom is 0.335 e. The molecule has 0 aliphatic rings. The maximum absolute atomic E-state index is 12.1. The molecule has 0 saturated heterocycles. The zero-order valence-corrected chi connectivity index (χ0v) is 11.5. The lowest BCUT2D eigenvalue weighted by Crippen LogP contribution is -2.15. The molecule has 1 aromatic carbocycles. The van der Waals surface area contributed by atoms with Gasteiger partial charge in [0.05, 0.1) is 10.5 Å². The van der Waals surface area contributed by atoms with Crippen molar-refractivity contribution in [2.24, 2.45) is 0 Å². The third-order valence-corrected chi connectivity index (χ3v) is 2.85. The number of carboxylic acids is 1. The fraction of sp³-hybridized carbons (Fsp3) is 0.154. The van der Waals surface area contributed by atoms with Gasteiger partial charge in [0.1, 0.15) is 6.20 Å². The number of benzene rings is 1. The van der Waals surface area contributed by atoms with Crippen molar-refractivity contribution in [2.45, 2.75) is 13.5 Å². The number of carboxylic acid groups (broad SMARTS) is 1. The maximum atomic E-state index is 12.1. The molecule has 1 heterocycles. The summed E-state index contributed by atoms with van der Waals surface area (Å²) in [6.45, 7) is 2.11. The molecule has 114 valence electrons. The molecule has 9 nitrogen and oxygen atoms in total. The summed E-state index contributed by atoms with van der Waals surface area (Å²) in [5.74, 6) is -1.92. The topological polar surface area (TPSA) is 127 Å². The Labute approximate surface area is 124 Å². The predicted octanol–water partition coefficient (Wildman–Crippen LogP) is 1.76. The molecule has 9 heteroatoms. The third-order valence-electron chi connectivity index (χ3n) is 2.85. The van der Waals surface area contributed by atoms with Gasteiger partial charge in [0, 0.05) is 12.2 Å². The number of aromatic nitrogens is 2. The van der Waals surface area contributed by atoms with E-state index in [2.05, 4.69) is 10.4 Å². The van der Waals surface area contributed by atoms with E-state index in [1.54, 1.807) is 6.92 Å². The number of nitrogens with zero attached hydrogens (tertiary/aromatic N) is 3. The number of hydrogen-bond donors (Lipinski definition) is 2. The lowest BCUT2D eigenvalue weighted by atomic mass is 10.2. The Kier molecular flexibility index (Phi) is 4.16. The van der Waals surface area contributed by atoms with Gasteiger partial charge < -0.3 is 10.4 Å². The molecule has 0 bridgehead atoms. The Morgan fingerprint density at radius 1 is 1.45 bits per heavy atom. The average molecular weight is 304 g/mol. The van der Waals surface area contributed by atoms with Gasteiger partial charge in [0.25, 0.3) is 5.91 Å². The minimum absolute atomic E-state index is 0.00797. The highest BCUT2D eigenvalue weighted by atomic mass is 16.6. The van der Waals surface area contributed by atoms with Crippen LogP contribution in [-0.4, -0.2) is 31.7 Å². The number of nitrogens with one attached hydrogen (secondary N) is 1. The molecule has 0 unspecified atom stereocenters. The SMILES string of the molecule is CCn1cc([N+](=O)[O-])c(C(=O)Nc2cccc(C(=O)O)c2)n1. The van der Waals surface area contributed by atoms with Crippen LogP contribution in [-0.2, 0) is 6.54 Å². The van der Waals surface area contributed by atoms with E-state index < -0.39 is 22.5 Å². The number of rotatable bonds is 5. The summed E-state index contributed by atoms with van der Waals surface area (Å²) < 4.78 is 1.28. The summed E-state index contributed by atoms with van der Waals surface area (Å²) in [5.41, 5.74) is -0.530. The Morgan fingerprint density at radius 3 is 2.77 bits per heavy atom. The minimum Gasteiger partial charge on any atom is -0.478 e. The first-order valence-corrected chi connectivity index (χ1v) is 6.29. The van der Waals surface area contributed by atoms with Gasteiger partial charge in [0.2, 0.25) is 5.69 Å². The number of aromatic carboxylic acids is 1. The van der Waals surface area contributed by atoms with E-state index >= 15 is 0 Å². The molecular formula is C13H12N4O5. The number of carbonyl (C=O) groups excluding carboxylic acids is 1. The average Bonchev–Trinajstić information content (AvgIpc) is 2.92. The summed E-state index contributed by atoms with van der Waals surface area (Å²) in [6, 6.07) is 5.56. The fourth-order valence-electron chi connectivity index (χ4n) is 1.79. The molecule has 0 spiro atoms. The summed E-state index contributed by atoms with van der Waals surface area (Å²) in [5, 5.41) is 26.1. The first kappa shape index (κ1) is 15.2. The minimum atomic E-state index is -1.14. The Bertz CT molecular complexity index is 753. The van der Waals surface area contributed by atoms with Gasteiger partial charge in [-0.1, -0.05) is 6.07 Å². The molecule has 0 aliphatic carbocycles. The Morgan fingerprint density at radius 2 is 2.18 bits per heavy atom. The monoisotopic (exact) mass is 304 g/mol. The molecule has 0 saturated carbocycles. The van der Waals surface area contributed by atoms with Crippen LogP contribution in [0.5, 0.6) is 0 Å². The second-order valence-electron chi connectivity index (χ2n) is 4.32. The van der Waals surface area contributed by atoms with Gasteiger partial charge in [0.15, 0.2) is 0 Å². The van der Waals surface area contributed by atoms with Crippen LogP contribution in [0.4, 0.5) is 11.4 Å². The molecule has 0 fully saturated rings.